The van der Waals surface area contributed by atoms with Crippen molar-refractivity contribution in [2.45, 2.75) is 20.8 Å². The van der Waals surface area contributed by atoms with E-state index < -0.39 is 0 Å². The van der Waals surface area contributed by atoms with Gasteiger partial charge in [-0.3, -0.25) is 9.38 Å². The van der Waals surface area contributed by atoms with Crippen LogP contribution in [0.5, 0.6) is 0 Å². The molecular weight excluding hydrogens is 366 g/mol. The predicted molar refractivity (Wildman–Crippen MR) is 125 cm³/mol. The summed E-state index contributed by atoms with van der Waals surface area (Å²) in [6.07, 6.45) is 0. The first-order chi connectivity index (χ1) is 14.6. The molecule has 6 rings (SSSR count). The number of pyridine rings is 2. The molecule has 0 saturated carbocycles. The molecule has 0 aliphatic rings. The molecule has 0 amide bonds. The van der Waals surface area contributed by atoms with Crippen LogP contribution in [-0.4, -0.2) is 14.4 Å². The van der Waals surface area contributed by atoms with Crippen LogP contribution in [0.1, 0.15) is 16.8 Å². The zero-order valence-corrected chi connectivity index (χ0v) is 17.3. The van der Waals surface area contributed by atoms with Crippen LogP contribution in [-0.2, 0) is 0 Å². The van der Waals surface area contributed by atoms with E-state index >= 15 is 0 Å². The molecule has 3 aromatic heterocycles. The van der Waals surface area contributed by atoms with E-state index in [1.807, 2.05) is 6.07 Å². The van der Waals surface area contributed by atoms with Crippen molar-refractivity contribution in [3.8, 4) is 11.1 Å². The van der Waals surface area contributed by atoms with Crippen molar-refractivity contribution in [2.24, 2.45) is 0 Å². The lowest BCUT2D eigenvalue weighted by Gasteiger charge is -2.14. The van der Waals surface area contributed by atoms with Crippen LogP contribution >= 0.6 is 0 Å². The highest BCUT2D eigenvalue weighted by Gasteiger charge is 2.17. The molecule has 144 valence electrons. The molecule has 0 fully saturated rings. The Morgan fingerprint density at radius 3 is 2.30 bits per heavy atom. The molecule has 3 nitrogen and oxygen atoms in total. The van der Waals surface area contributed by atoms with Gasteiger partial charge in [-0.25, -0.2) is 4.98 Å². The molecule has 3 aromatic carbocycles. The maximum absolute atomic E-state index is 5.00. The minimum Gasteiger partial charge on any atom is -0.292 e. The average molecular weight is 387 g/mol. The van der Waals surface area contributed by atoms with Crippen LogP contribution in [0.15, 0.2) is 72.8 Å². The van der Waals surface area contributed by atoms with E-state index in [0.29, 0.717) is 0 Å². The van der Waals surface area contributed by atoms with E-state index in [1.165, 1.54) is 27.6 Å². The first-order valence-electron chi connectivity index (χ1n) is 10.3. The van der Waals surface area contributed by atoms with Crippen LogP contribution < -0.4 is 0 Å². The Hall–Kier alpha value is -3.72. The summed E-state index contributed by atoms with van der Waals surface area (Å²) in [5.74, 6) is 0. The lowest BCUT2D eigenvalue weighted by atomic mass is 9.96. The Labute approximate surface area is 174 Å². The summed E-state index contributed by atoms with van der Waals surface area (Å²) in [6.45, 7) is 6.37. The second-order valence-corrected chi connectivity index (χ2v) is 8.18. The summed E-state index contributed by atoms with van der Waals surface area (Å²) in [4.78, 5) is 9.98. The van der Waals surface area contributed by atoms with Crippen molar-refractivity contribution in [3.63, 3.8) is 0 Å². The van der Waals surface area contributed by atoms with Gasteiger partial charge >= 0.3 is 0 Å². The molecule has 0 atom stereocenters. The highest BCUT2D eigenvalue weighted by atomic mass is 15.0. The molecule has 0 N–H and O–H groups in total. The lowest BCUT2D eigenvalue weighted by molar-refractivity contribution is 1.25. The molecule has 3 heterocycles. The fourth-order valence-electron chi connectivity index (χ4n) is 4.72. The molecule has 0 spiro atoms. The van der Waals surface area contributed by atoms with Gasteiger partial charge in [-0.05, 0) is 62.2 Å². The van der Waals surface area contributed by atoms with Crippen molar-refractivity contribution in [1.82, 2.24) is 14.4 Å². The van der Waals surface area contributed by atoms with Crippen LogP contribution in [0, 0.1) is 20.8 Å². The predicted octanol–water partition coefficient (Wildman–Crippen LogP) is 6.78. The number of fused-ring (bicyclic) bond motifs is 8. The van der Waals surface area contributed by atoms with Crippen LogP contribution in [0.4, 0.5) is 0 Å². The summed E-state index contributed by atoms with van der Waals surface area (Å²) < 4.78 is 2.29. The van der Waals surface area contributed by atoms with Crippen molar-refractivity contribution in [3.05, 3.63) is 89.6 Å². The van der Waals surface area contributed by atoms with Gasteiger partial charge in [0.25, 0.3) is 0 Å². The maximum atomic E-state index is 5.00. The monoisotopic (exact) mass is 387 g/mol. The molecule has 0 saturated heterocycles. The van der Waals surface area contributed by atoms with Crippen LogP contribution in [0.3, 0.4) is 0 Å². The second-order valence-electron chi connectivity index (χ2n) is 8.18. The van der Waals surface area contributed by atoms with Crippen LogP contribution in [0.2, 0.25) is 0 Å². The topological polar surface area (TPSA) is 30.2 Å². The van der Waals surface area contributed by atoms with Gasteiger partial charge in [-0.2, -0.15) is 0 Å². The zero-order chi connectivity index (χ0) is 20.4. The third-order valence-corrected chi connectivity index (χ3v) is 5.89. The van der Waals surface area contributed by atoms with E-state index in [4.69, 9.17) is 9.97 Å². The van der Waals surface area contributed by atoms with E-state index in [9.17, 15) is 0 Å². The number of hydrogen-bond donors (Lipinski definition) is 0. The minimum absolute atomic E-state index is 0.962. The quantitative estimate of drug-likeness (QED) is 0.291. The molecule has 0 aliphatic carbocycles. The van der Waals surface area contributed by atoms with Gasteiger partial charge in [0.2, 0.25) is 0 Å². The zero-order valence-electron chi connectivity index (χ0n) is 17.3. The van der Waals surface area contributed by atoms with Gasteiger partial charge in [0, 0.05) is 16.5 Å². The van der Waals surface area contributed by atoms with Crippen molar-refractivity contribution in [1.29, 1.82) is 0 Å². The van der Waals surface area contributed by atoms with Gasteiger partial charge in [-0.1, -0.05) is 53.6 Å². The summed E-state index contributed by atoms with van der Waals surface area (Å²) in [5, 5.41) is 2.26. The summed E-state index contributed by atoms with van der Waals surface area (Å²) in [7, 11) is 0. The Kier molecular flexibility index (Phi) is 3.51. The van der Waals surface area contributed by atoms with E-state index in [1.54, 1.807) is 0 Å². The summed E-state index contributed by atoms with van der Waals surface area (Å²) in [6, 6.07) is 25.9. The third-order valence-electron chi connectivity index (χ3n) is 5.89. The van der Waals surface area contributed by atoms with E-state index in [-0.39, 0.29) is 0 Å². The first kappa shape index (κ1) is 17.2. The number of hydrogen-bond acceptors (Lipinski definition) is 2. The molecule has 6 aromatic rings. The van der Waals surface area contributed by atoms with Crippen molar-refractivity contribution in [2.75, 3.05) is 0 Å². The maximum Gasteiger partial charge on any atom is 0.147 e. The SMILES string of the molecule is Cc1cc(C)cc(-c2cccc3c2c2nc(C)ccc2c2nc4ccccc4n32)c1. The standard InChI is InChI=1S/C27H21N3/c1-16-13-17(2)15-19(14-16)20-7-6-10-24-25(20)26-21(12-11-18(3)28-26)27-29-22-8-4-5-9-23(22)30(24)27/h4-15H,1-3H3. The van der Waals surface area contributed by atoms with E-state index in [2.05, 4.69) is 91.9 Å². The Morgan fingerprint density at radius 2 is 1.47 bits per heavy atom. The number of nitrogens with zero attached hydrogens (tertiary/aromatic N) is 3. The van der Waals surface area contributed by atoms with Gasteiger partial charge < -0.3 is 0 Å². The molecule has 0 bridgehead atoms. The van der Waals surface area contributed by atoms with E-state index in [0.717, 1.165) is 38.8 Å². The average Bonchev–Trinajstić information content (AvgIpc) is 3.12. The Morgan fingerprint density at radius 1 is 0.700 bits per heavy atom. The minimum atomic E-state index is 0.962. The Bertz CT molecular complexity index is 1600. The lowest BCUT2D eigenvalue weighted by Crippen LogP contribution is -1.96. The smallest absolute Gasteiger partial charge is 0.147 e. The highest BCUT2D eigenvalue weighted by molar-refractivity contribution is 6.16. The molecular formula is C27H21N3. The molecule has 0 unspecified atom stereocenters. The summed E-state index contributed by atoms with van der Waals surface area (Å²) >= 11 is 0. The number of imidazole rings is 1. The van der Waals surface area contributed by atoms with Gasteiger partial charge in [0.15, 0.2) is 0 Å². The molecule has 0 aliphatic heterocycles. The van der Waals surface area contributed by atoms with Crippen molar-refractivity contribution >= 4 is 38.5 Å². The number of para-hydroxylation sites is 2. The number of aromatic nitrogens is 3. The van der Waals surface area contributed by atoms with Crippen LogP contribution in [0.25, 0.3) is 49.6 Å². The highest BCUT2D eigenvalue weighted by Crippen LogP contribution is 2.37. The number of benzene rings is 3. The fourth-order valence-corrected chi connectivity index (χ4v) is 4.72. The summed E-state index contributed by atoms with van der Waals surface area (Å²) in [5.41, 5.74) is 11.2. The van der Waals surface area contributed by atoms with Gasteiger partial charge in [-0.15, -0.1) is 0 Å². The molecule has 30 heavy (non-hydrogen) atoms. The molecule has 0 radical (unpaired) electrons. The fraction of sp³-hybridized carbons (Fsp3) is 0.111. The second kappa shape index (κ2) is 6.14. The third kappa shape index (κ3) is 2.38. The molecule has 3 heteroatoms. The normalized spacial score (nSPS) is 11.8. The number of aryl methyl sites for hydroxylation is 3. The number of rotatable bonds is 1. The first-order valence-corrected chi connectivity index (χ1v) is 10.3. The van der Waals surface area contributed by atoms with Gasteiger partial charge in [0.1, 0.15) is 5.65 Å². The van der Waals surface area contributed by atoms with Crippen molar-refractivity contribution < 1.29 is 0 Å². The Balaban J connectivity index is 1.91. The largest absolute Gasteiger partial charge is 0.292 e. The van der Waals surface area contributed by atoms with Gasteiger partial charge in [0.05, 0.1) is 22.1 Å².